The maximum Gasteiger partial charge on any atom is 0.335 e. The molecule has 1 fully saturated rings. The zero-order chi connectivity index (χ0) is 17.0. The number of aromatic carboxylic acids is 1. The van der Waals surface area contributed by atoms with E-state index in [0.717, 1.165) is 31.5 Å². The molecule has 23 heavy (non-hydrogen) atoms. The molecule has 0 radical (unpaired) electrons. The van der Waals surface area contributed by atoms with Crippen LogP contribution < -0.4 is 5.32 Å². The fourth-order valence-electron chi connectivity index (χ4n) is 3.03. The van der Waals surface area contributed by atoms with Gasteiger partial charge in [0.2, 0.25) is 5.91 Å². The summed E-state index contributed by atoms with van der Waals surface area (Å²) in [4.78, 5) is 25.2. The number of carbonyl (C=O) groups excluding carboxylic acids is 1. The highest BCUT2D eigenvalue weighted by Crippen LogP contribution is 2.27. The number of likely N-dealkylation sites (tertiary alicyclic amines) is 1. The van der Waals surface area contributed by atoms with Crippen LogP contribution in [0.1, 0.15) is 55.5 Å². The summed E-state index contributed by atoms with van der Waals surface area (Å²) in [5, 5.41) is 12.0. The van der Waals surface area contributed by atoms with Crippen molar-refractivity contribution in [3.8, 4) is 0 Å². The summed E-state index contributed by atoms with van der Waals surface area (Å²) in [5.74, 6) is -0.492. The van der Waals surface area contributed by atoms with Crippen LogP contribution >= 0.6 is 0 Å². The molecular formula is C18H26N2O3. The lowest BCUT2D eigenvalue weighted by atomic mass is 9.90. The highest BCUT2D eigenvalue weighted by atomic mass is 16.4. The number of benzene rings is 1. The van der Waals surface area contributed by atoms with E-state index in [1.807, 2.05) is 32.9 Å². The lowest BCUT2D eigenvalue weighted by Gasteiger charge is -2.33. The summed E-state index contributed by atoms with van der Waals surface area (Å²) < 4.78 is 0. The highest BCUT2D eigenvalue weighted by molar-refractivity contribution is 5.87. The van der Waals surface area contributed by atoms with Crippen LogP contribution in [-0.2, 0) is 4.79 Å². The summed E-state index contributed by atoms with van der Waals surface area (Å²) in [5.41, 5.74) is 1.25. The first-order valence-corrected chi connectivity index (χ1v) is 8.11. The van der Waals surface area contributed by atoms with Crippen molar-refractivity contribution in [3.63, 3.8) is 0 Å². The number of carbonyl (C=O) groups is 2. The molecule has 2 N–H and O–H groups in total. The van der Waals surface area contributed by atoms with Gasteiger partial charge >= 0.3 is 5.97 Å². The van der Waals surface area contributed by atoms with Crippen molar-refractivity contribution in [1.82, 2.24) is 10.2 Å². The summed E-state index contributed by atoms with van der Waals surface area (Å²) >= 11 is 0. The van der Waals surface area contributed by atoms with Gasteiger partial charge in [-0.05, 0) is 63.8 Å². The van der Waals surface area contributed by atoms with Gasteiger partial charge in [-0.3, -0.25) is 9.69 Å². The number of piperidine rings is 1. The van der Waals surface area contributed by atoms with Gasteiger partial charge in [0.25, 0.3) is 0 Å². The highest BCUT2D eigenvalue weighted by Gasteiger charge is 2.24. The Labute approximate surface area is 137 Å². The molecule has 1 saturated heterocycles. The molecule has 1 aromatic rings. The Morgan fingerprint density at radius 3 is 2.48 bits per heavy atom. The molecule has 0 saturated carbocycles. The average molecular weight is 318 g/mol. The van der Waals surface area contributed by atoms with E-state index >= 15 is 0 Å². The molecule has 5 nitrogen and oxygen atoms in total. The predicted octanol–water partition coefficient (Wildman–Crippen LogP) is 2.48. The van der Waals surface area contributed by atoms with Crippen LogP contribution in [0.2, 0.25) is 0 Å². The van der Waals surface area contributed by atoms with Crippen molar-refractivity contribution in [3.05, 3.63) is 35.4 Å². The van der Waals surface area contributed by atoms with E-state index in [0.29, 0.717) is 18.0 Å². The fraction of sp³-hybridized carbons (Fsp3) is 0.556. The molecule has 1 aliphatic rings. The van der Waals surface area contributed by atoms with Crippen molar-refractivity contribution in [2.45, 2.75) is 45.1 Å². The van der Waals surface area contributed by atoms with Gasteiger partial charge < -0.3 is 10.4 Å². The van der Waals surface area contributed by atoms with E-state index in [-0.39, 0.29) is 11.4 Å². The van der Waals surface area contributed by atoms with Gasteiger partial charge in [0.15, 0.2) is 0 Å². The molecule has 0 spiro atoms. The molecule has 1 heterocycles. The molecule has 2 rings (SSSR count). The van der Waals surface area contributed by atoms with Crippen molar-refractivity contribution in [2.75, 3.05) is 19.6 Å². The topological polar surface area (TPSA) is 69.6 Å². The van der Waals surface area contributed by atoms with Gasteiger partial charge in [-0.25, -0.2) is 4.79 Å². The first-order chi connectivity index (χ1) is 10.7. The average Bonchev–Trinajstić information content (AvgIpc) is 2.45. The second-order valence-corrected chi connectivity index (χ2v) is 7.30. The van der Waals surface area contributed by atoms with Gasteiger partial charge in [-0.2, -0.15) is 0 Å². The van der Waals surface area contributed by atoms with Crippen LogP contribution in [0.15, 0.2) is 24.3 Å². The normalized spacial score (nSPS) is 19.3. The third-order valence-corrected chi connectivity index (χ3v) is 4.02. The molecule has 0 bridgehead atoms. The van der Waals surface area contributed by atoms with Gasteiger partial charge in [0.1, 0.15) is 0 Å². The lowest BCUT2D eigenvalue weighted by molar-refractivity contribution is -0.123. The minimum absolute atomic E-state index is 0.0550. The van der Waals surface area contributed by atoms with Gasteiger partial charge in [0, 0.05) is 12.1 Å². The molecule has 1 atom stereocenters. The van der Waals surface area contributed by atoms with Crippen molar-refractivity contribution in [1.29, 1.82) is 0 Å². The summed E-state index contributed by atoms with van der Waals surface area (Å²) in [6.07, 6.45) is 2.12. The standard InChI is InChI=1S/C18H26N2O3/c1-18(2,3)19-16(21)12-20-10-4-5-15(11-20)13-6-8-14(9-7-13)17(22)23/h6-9,15H,4-5,10-12H2,1-3H3,(H,19,21)(H,22,23)/t15-/m1/s1. The molecular weight excluding hydrogens is 292 g/mol. The minimum Gasteiger partial charge on any atom is -0.478 e. The third-order valence-electron chi connectivity index (χ3n) is 4.02. The second kappa shape index (κ2) is 7.13. The van der Waals surface area contributed by atoms with Crippen molar-refractivity contribution < 1.29 is 14.7 Å². The number of amides is 1. The minimum atomic E-state index is -0.902. The van der Waals surface area contributed by atoms with Gasteiger partial charge in [-0.1, -0.05) is 12.1 Å². The van der Waals surface area contributed by atoms with Crippen LogP contribution in [0.3, 0.4) is 0 Å². The number of carboxylic acid groups (broad SMARTS) is 1. The molecule has 0 unspecified atom stereocenters. The monoisotopic (exact) mass is 318 g/mol. The molecule has 126 valence electrons. The summed E-state index contributed by atoms with van der Waals surface area (Å²) in [6, 6.07) is 7.10. The zero-order valence-electron chi connectivity index (χ0n) is 14.1. The van der Waals surface area contributed by atoms with Crippen LogP contribution in [0.5, 0.6) is 0 Å². The Kier molecular flexibility index (Phi) is 5.42. The Morgan fingerprint density at radius 2 is 1.91 bits per heavy atom. The van der Waals surface area contributed by atoms with Gasteiger partial charge in [-0.15, -0.1) is 0 Å². The molecule has 0 aromatic heterocycles. The predicted molar refractivity (Wildman–Crippen MR) is 89.7 cm³/mol. The largest absolute Gasteiger partial charge is 0.478 e. The quantitative estimate of drug-likeness (QED) is 0.895. The van der Waals surface area contributed by atoms with E-state index in [2.05, 4.69) is 10.2 Å². The van der Waals surface area contributed by atoms with Crippen molar-refractivity contribution >= 4 is 11.9 Å². The van der Waals surface area contributed by atoms with E-state index in [9.17, 15) is 9.59 Å². The second-order valence-electron chi connectivity index (χ2n) is 7.30. The molecule has 1 aromatic carbocycles. The van der Waals surface area contributed by atoms with Crippen LogP contribution in [0.25, 0.3) is 0 Å². The Morgan fingerprint density at radius 1 is 1.26 bits per heavy atom. The fourth-order valence-corrected chi connectivity index (χ4v) is 3.03. The molecule has 1 aliphatic heterocycles. The Balaban J connectivity index is 1.95. The summed E-state index contributed by atoms with van der Waals surface area (Å²) in [7, 11) is 0. The molecule has 1 amide bonds. The number of hydrogen-bond acceptors (Lipinski definition) is 3. The van der Waals surface area contributed by atoms with E-state index in [4.69, 9.17) is 5.11 Å². The number of nitrogens with zero attached hydrogens (tertiary/aromatic N) is 1. The SMILES string of the molecule is CC(C)(C)NC(=O)CN1CCC[C@@H](c2ccc(C(=O)O)cc2)C1. The van der Waals surface area contributed by atoms with E-state index < -0.39 is 5.97 Å². The maximum absolute atomic E-state index is 12.1. The van der Waals surface area contributed by atoms with Crippen molar-refractivity contribution in [2.24, 2.45) is 0 Å². The first-order valence-electron chi connectivity index (χ1n) is 8.11. The smallest absolute Gasteiger partial charge is 0.335 e. The lowest BCUT2D eigenvalue weighted by Crippen LogP contribution is -2.47. The Bertz CT molecular complexity index is 561. The first kappa shape index (κ1) is 17.5. The zero-order valence-corrected chi connectivity index (χ0v) is 14.1. The van der Waals surface area contributed by atoms with Crippen LogP contribution in [0.4, 0.5) is 0 Å². The number of nitrogens with one attached hydrogen (secondary N) is 1. The Hall–Kier alpha value is -1.88. The number of hydrogen-bond donors (Lipinski definition) is 2. The van der Waals surface area contributed by atoms with E-state index in [1.165, 1.54) is 0 Å². The third kappa shape index (κ3) is 5.36. The van der Waals surface area contributed by atoms with Crippen LogP contribution in [-0.4, -0.2) is 47.1 Å². The maximum atomic E-state index is 12.1. The molecule has 5 heteroatoms. The number of rotatable bonds is 4. The van der Waals surface area contributed by atoms with Gasteiger partial charge in [0.05, 0.1) is 12.1 Å². The van der Waals surface area contributed by atoms with E-state index in [1.54, 1.807) is 12.1 Å². The molecule has 0 aliphatic carbocycles. The van der Waals surface area contributed by atoms with Crippen LogP contribution in [0, 0.1) is 0 Å². The number of carboxylic acids is 1. The summed E-state index contributed by atoms with van der Waals surface area (Å²) in [6.45, 7) is 8.13.